The Hall–Kier alpha value is -3.33. The molecule has 0 atom stereocenters. The number of fused-ring (bicyclic) bond motifs is 1. The summed E-state index contributed by atoms with van der Waals surface area (Å²) in [5, 5.41) is 3.02. The van der Waals surface area contributed by atoms with Gasteiger partial charge in [-0.15, -0.1) is 0 Å². The van der Waals surface area contributed by atoms with Crippen LogP contribution in [0.25, 0.3) is 11.0 Å². The molecule has 0 aliphatic carbocycles. The Morgan fingerprint density at radius 3 is 2.58 bits per heavy atom. The van der Waals surface area contributed by atoms with Gasteiger partial charge in [0.1, 0.15) is 11.3 Å². The molecule has 1 aromatic heterocycles. The summed E-state index contributed by atoms with van der Waals surface area (Å²) in [6.07, 6.45) is -4.58. The first-order valence-corrected chi connectivity index (χ1v) is 9.50. The van der Waals surface area contributed by atoms with Crippen LogP contribution in [0.3, 0.4) is 0 Å². The molecule has 1 amide bonds. The fraction of sp³-hybridized carbons (Fsp3) is 0.273. The lowest BCUT2D eigenvalue weighted by Crippen LogP contribution is -2.33. The fourth-order valence-corrected chi connectivity index (χ4v) is 3.22. The van der Waals surface area contributed by atoms with Crippen molar-refractivity contribution in [1.82, 2.24) is 4.90 Å². The van der Waals surface area contributed by atoms with Crippen molar-refractivity contribution in [2.75, 3.05) is 25.5 Å². The standard InChI is InChI=1S/C22H21F3N2O4/c1-3-27(13-20(28)26-18-7-5-4-6-17(18)22(23,24)25)12-14-10-21(29)31-19-11-15(30-2)8-9-16(14)19/h4-11H,3,12-13H2,1-2H3,(H,26,28). The van der Waals surface area contributed by atoms with Gasteiger partial charge in [-0.2, -0.15) is 13.2 Å². The monoisotopic (exact) mass is 434 g/mol. The number of methoxy groups -OCH3 is 1. The number of hydrogen-bond acceptors (Lipinski definition) is 5. The van der Waals surface area contributed by atoms with Crippen LogP contribution in [-0.4, -0.2) is 31.0 Å². The van der Waals surface area contributed by atoms with Crippen molar-refractivity contribution in [3.05, 3.63) is 70.1 Å². The van der Waals surface area contributed by atoms with E-state index < -0.39 is 23.3 Å². The molecular weight excluding hydrogens is 413 g/mol. The average molecular weight is 434 g/mol. The van der Waals surface area contributed by atoms with Gasteiger partial charge < -0.3 is 14.5 Å². The van der Waals surface area contributed by atoms with Gasteiger partial charge in [0.2, 0.25) is 5.91 Å². The molecule has 0 aliphatic heterocycles. The first-order valence-electron chi connectivity index (χ1n) is 9.50. The first kappa shape index (κ1) is 22.4. The number of para-hydroxylation sites is 1. The number of ether oxygens (including phenoxy) is 1. The van der Waals surface area contributed by atoms with Gasteiger partial charge in [-0.1, -0.05) is 19.1 Å². The number of carbonyl (C=O) groups excluding carboxylic acids is 1. The second-order valence-corrected chi connectivity index (χ2v) is 6.85. The van der Waals surface area contributed by atoms with E-state index in [9.17, 15) is 22.8 Å². The third-order valence-electron chi connectivity index (χ3n) is 4.75. The number of anilines is 1. The largest absolute Gasteiger partial charge is 0.497 e. The summed E-state index contributed by atoms with van der Waals surface area (Å²) in [4.78, 5) is 26.1. The summed E-state index contributed by atoms with van der Waals surface area (Å²) in [5.74, 6) is -0.0599. The van der Waals surface area contributed by atoms with Crippen LogP contribution < -0.4 is 15.7 Å². The van der Waals surface area contributed by atoms with Crippen molar-refractivity contribution >= 4 is 22.6 Å². The van der Waals surface area contributed by atoms with Gasteiger partial charge in [0, 0.05) is 24.1 Å². The first-order chi connectivity index (χ1) is 14.7. The summed E-state index contributed by atoms with van der Waals surface area (Å²) in [5.41, 5.74) is -0.767. The number of amides is 1. The summed E-state index contributed by atoms with van der Waals surface area (Å²) < 4.78 is 49.8. The number of halogens is 3. The van der Waals surface area contributed by atoms with E-state index in [0.29, 0.717) is 28.8 Å². The zero-order valence-electron chi connectivity index (χ0n) is 17.0. The lowest BCUT2D eigenvalue weighted by Gasteiger charge is -2.21. The molecule has 164 valence electrons. The van der Waals surface area contributed by atoms with Crippen LogP contribution in [0.2, 0.25) is 0 Å². The van der Waals surface area contributed by atoms with E-state index >= 15 is 0 Å². The molecule has 31 heavy (non-hydrogen) atoms. The maximum absolute atomic E-state index is 13.1. The number of alkyl halides is 3. The molecule has 0 bridgehead atoms. The Kier molecular flexibility index (Phi) is 6.65. The molecule has 0 saturated heterocycles. The summed E-state index contributed by atoms with van der Waals surface area (Å²) in [6, 6.07) is 11.2. The van der Waals surface area contributed by atoms with Gasteiger partial charge >= 0.3 is 11.8 Å². The van der Waals surface area contributed by atoms with Crippen LogP contribution in [0.4, 0.5) is 18.9 Å². The molecule has 0 saturated carbocycles. The number of nitrogens with zero attached hydrogens (tertiary/aromatic N) is 1. The van der Waals surface area contributed by atoms with E-state index in [4.69, 9.17) is 9.15 Å². The topological polar surface area (TPSA) is 71.8 Å². The molecule has 3 aromatic rings. The van der Waals surface area contributed by atoms with E-state index in [1.165, 1.54) is 31.4 Å². The normalized spacial score (nSPS) is 11.7. The zero-order chi connectivity index (χ0) is 22.6. The second-order valence-electron chi connectivity index (χ2n) is 6.85. The van der Waals surface area contributed by atoms with Crippen LogP contribution in [0.1, 0.15) is 18.1 Å². The van der Waals surface area contributed by atoms with Crippen molar-refractivity contribution in [2.45, 2.75) is 19.6 Å². The third-order valence-corrected chi connectivity index (χ3v) is 4.75. The summed E-state index contributed by atoms with van der Waals surface area (Å²) >= 11 is 0. The van der Waals surface area contributed by atoms with Crippen molar-refractivity contribution in [1.29, 1.82) is 0 Å². The highest BCUT2D eigenvalue weighted by molar-refractivity contribution is 5.93. The van der Waals surface area contributed by atoms with Gasteiger partial charge in [0.15, 0.2) is 0 Å². The number of hydrogen-bond donors (Lipinski definition) is 1. The highest BCUT2D eigenvalue weighted by Gasteiger charge is 2.33. The van der Waals surface area contributed by atoms with E-state index in [0.717, 1.165) is 6.07 Å². The predicted molar refractivity (Wildman–Crippen MR) is 110 cm³/mol. The molecule has 0 unspecified atom stereocenters. The number of carbonyl (C=O) groups is 1. The molecule has 9 heteroatoms. The SMILES string of the molecule is CCN(CC(=O)Nc1ccccc1C(F)(F)F)Cc1cc(=O)oc2cc(OC)ccc12. The molecule has 1 heterocycles. The van der Waals surface area contributed by atoms with Gasteiger partial charge in [-0.3, -0.25) is 9.69 Å². The minimum Gasteiger partial charge on any atom is -0.497 e. The highest BCUT2D eigenvalue weighted by atomic mass is 19.4. The Bertz CT molecular complexity index is 1140. The van der Waals surface area contributed by atoms with E-state index in [1.807, 2.05) is 6.92 Å². The van der Waals surface area contributed by atoms with Crippen molar-refractivity contribution in [2.24, 2.45) is 0 Å². The van der Waals surface area contributed by atoms with E-state index in [1.54, 1.807) is 23.1 Å². The molecule has 0 radical (unpaired) electrons. The van der Waals surface area contributed by atoms with Crippen molar-refractivity contribution in [3.63, 3.8) is 0 Å². The van der Waals surface area contributed by atoms with E-state index in [2.05, 4.69) is 5.32 Å². The van der Waals surface area contributed by atoms with Crippen LogP contribution in [0, 0.1) is 0 Å². The maximum Gasteiger partial charge on any atom is 0.418 e. The summed E-state index contributed by atoms with van der Waals surface area (Å²) in [6.45, 7) is 2.33. The molecule has 2 aromatic carbocycles. The molecule has 0 spiro atoms. The Balaban J connectivity index is 1.79. The number of nitrogens with one attached hydrogen (secondary N) is 1. The predicted octanol–water partition coefficient (Wildman–Crippen LogP) is 4.28. The van der Waals surface area contributed by atoms with Crippen LogP contribution in [0.15, 0.2) is 57.7 Å². The molecule has 0 aliphatic rings. The van der Waals surface area contributed by atoms with E-state index in [-0.39, 0.29) is 18.8 Å². The maximum atomic E-state index is 13.1. The van der Waals surface area contributed by atoms with Crippen LogP contribution >= 0.6 is 0 Å². The minimum atomic E-state index is -4.58. The summed E-state index contributed by atoms with van der Waals surface area (Å²) in [7, 11) is 1.50. The van der Waals surface area contributed by atoms with Crippen LogP contribution in [0.5, 0.6) is 5.75 Å². The third kappa shape index (κ3) is 5.43. The second kappa shape index (κ2) is 9.22. The van der Waals surface area contributed by atoms with Crippen LogP contribution in [-0.2, 0) is 17.5 Å². The molecule has 3 rings (SSSR count). The quantitative estimate of drug-likeness (QED) is 0.562. The average Bonchev–Trinajstić information content (AvgIpc) is 2.72. The number of rotatable bonds is 7. The number of benzene rings is 2. The molecule has 0 fully saturated rings. The Morgan fingerprint density at radius 1 is 1.16 bits per heavy atom. The molecule has 1 N–H and O–H groups in total. The Morgan fingerprint density at radius 2 is 1.90 bits per heavy atom. The van der Waals surface area contributed by atoms with Gasteiger partial charge in [0.25, 0.3) is 0 Å². The Labute approximate surface area is 176 Å². The lowest BCUT2D eigenvalue weighted by atomic mass is 10.1. The lowest BCUT2D eigenvalue weighted by molar-refractivity contribution is -0.137. The smallest absolute Gasteiger partial charge is 0.418 e. The molecular formula is C22H21F3N2O4. The van der Waals surface area contributed by atoms with Crippen molar-refractivity contribution in [3.8, 4) is 5.75 Å². The minimum absolute atomic E-state index is 0.152. The highest BCUT2D eigenvalue weighted by Crippen LogP contribution is 2.34. The van der Waals surface area contributed by atoms with Gasteiger partial charge in [-0.25, -0.2) is 4.79 Å². The number of likely N-dealkylation sites (N-methyl/N-ethyl adjacent to an activating group) is 1. The fourth-order valence-electron chi connectivity index (χ4n) is 3.22. The van der Waals surface area contributed by atoms with Crippen molar-refractivity contribution < 1.29 is 27.1 Å². The zero-order valence-corrected chi connectivity index (χ0v) is 17.0. The van der Waals surface area contributed by atoms with Gasteiger partial charge in [0.05, 0.1) is 24.9 Å². The molecule has 6 nitrogen and oxygen atoms in total. The van der Waals surface area contributed by atoms with Gasteiger partial charge in [-0.05, 0) is 36.4 Å².